The first kappa shape index (κ1) is 25.0. The zero-order valence-electron chi connectivity index (χ0n) is 20.1. The highest BCUT2D eigenvalue weighted by molar-refractivity contribution is 6.47. The second-order valence-corrected chi connectivity index (χ2v) is 12.0. The monoisotopic (exact) mass is 493 g/mol. The van der Waals surface area contributed by atoms with Gasteiger partial charge in [0.15, 0.2) is 5.78 Å². The van der Waals surface area contributed by atoms with Crippen molar-refractivity contribution >= 4 is 42.0 Å². The molecule has 5 rings (SSSR count). The van der Waals surface area contributed by atoms with Gasteiger partial charge in [0.1, 0.15) is 0 Å². The third kappa shape index (κ3) is 4.73. The van der Waals surface area contributed by atoms with Gasteiger partial charge in [0.05, 0.1) is 22.7 Å². The minimum absolute atomic E-state index is 0.0605. The van der Waals surface area contributed by atoms with Crippen LogP contribution in [0.3, 0.4) is 0 Å². The summed E-state index contributed by atoms with van der Waals surface area (Å²) < 4.78 is 13.0. The Morgan fingerprint density at radius 2 is 1.91 bits per heavy atom. The molecule has 1 unspecified atom stereocenters. The molecule has 1 aromatic rings. The molecule has 1 saturated heterocycles. The van der Waals surface area contributed by atoms with Crippen molar-refractivity contribution < 1.29 is 18.9 Å². The maximum Gasteiger partial charge on any atom is 0.481 e. The highest BCUT2D eigenvalue weighted by Crippen LogP contribution is 2.65. The van der Waals surface area contributed by atoms with Crippen LogP contribution in [0.25, 0.3) is 0 Å². The maximum atomic E-state index is 12.8. The van der Waals surface area contributed by atoms with E-state index in [-0.39, 0.29) is 47.6 Å². The molecule has 0 radical (unpaired) electrons. The van der Waals surface area contributed by atoms with Crippen LogP contribution in [-0.4, -0.2) is 36.5 Å². The first-order valence-corrected chi connectivity index (χ1v) is 12.8. The van der Waals surface area contributed by atoms with E-state index in [0.29, 0.717) is 33.4 Å². The van der Waals surface area contributed by atoms with Gasteiger partial charge in [-0.25, -0.2) is 0 Å². The lowest BCUT2D eigenvalue weighted by Gasteiger charge is -2.64. The number of benzene rings is 1. The lowest BCUT2D eigenvalue weighted by Crippen LogP contribution is -2.65. The summed E-state index contributed by atoms with van der Waals surface area (Å²) in [5.74, 6) is 0.843. The number of hydrogen-bond acceptors (Lipinski definition) is 4. The topological polar surface area (TPSA) is 64.6 Å². The summed E-state index contributed by atoms with van der Waals surface area (Å²) in [4.78, 5) is 25.4. The molecule has 1 amide bonds. The molecule has 1 aliphatic heterocycles. The van der Waals surface area contributed by atoms with Gasteiger partial charge in [-0.1, -0.05) is 50.9 Å². The first-order chi connectivity index (χ1) is 15.4. The number of halogens is 2. The summed E-state index contributed by atoms with van der Waals surface area (Å²) in [5, 5.41) is 3.88. The van der Waals surface area contributed by atoms with E-state index in [1.807, 2.05) is 0 Å². The van der Waals surface area contributed by atoms with Crippen LogP contribution < -0.4 is 5.32 Å². The van der Waals surface area contributed by atoms with Gasteiger partial charge >= 0.3 is 7.12 Å². The molecule has 8 heteroatoms. The molecule has 2 bridgehead atoms. The van der Waals surface area contributed by atoms with Gasteiger partial charge in [-0.3, -0.25) is 9.59 Å². The fraction of sp³-hybridized carbons (Fsp3) is 0.680. The largest absolute Gasteiger partial charge is 0.481 e. The van der Waals surface area contributed by atoms with E-state index in [1.54, 1.807) is 18.2 Å². The number of hydrogen-bond donors (Lipinski definition) is 1. The second kappa shape index (κ2) is 9.18. The Morgan fingerprint density at radius 1 is 1.18 bits per heavy atom. The lowest BCUT2D eigenvalue weighted by atomic mass is 9.43. The minimum atomic E-state index is -0.473. The minimum Gasteiger partial charge on any atom is -0.404 e. The van der Waals surface area contributed by atoms with Crippen LogP contribution in [0, 0.1) is 23.2 Å². The van der Waals surface area contributed by atoms with E-state index in [2.05, 4.69) is 39.9 Å². The van der Waals surface area contributed by atoms with E-state index in [0.717, 1.165) is 12.8 Å². The number of carbonyl (C=O) groups excluding carboxylic acids is 2. The van der Waals surface area contributed by atoms with Crippen molar-refractivity contribution in [3.05, 3.63) is 33.8 Å². The average molecular weight is 494 g/mol. The van der Waals surface area contributed by atoms with Crippen LogP contribution in [0.5, 0.6) is 0 Å². The Morgan fingerprint density at radius 3 is 2.58 bits per heavy atom. The molecule has 4 fully saturated rings. The zero-order chi connectivity index (χ0) is 24.1. The number of carbonyl (C=O) groups is 2. The Bertz CT molecular complexity index is 939. The summed E-state index contributed by atoms with van der Waals surface area (Å²) in [5.41, 5.74) is 0.293. The maximum absolute atomic E-state index is 12.8. The van der Waals surface area contributed by atoms with Crippen LogP contribution in [0.4, 0.5) is 0 Å². The molecule has 3 aliphatic carbocycles. The Kier molecular flexibility index (Phi) is 6.96. The van der Waals surface area contributed by atoms with Gasteiger partial charge in [-0.05, 0) is 67.6 Å². The van der Waals surface area contributed by atoms with Crippen LogP contribution in [-0.2, 0) is 14.1 Å². The molecule has 1 aromatic carbocycles. The third-order valence-electron chi connectivity index (χ3n) is 8.18. The third-order valence-corrected chi connectivity index (χ3v) is 8.74. The smallest absolute Gasteiger partial charge is 0.404 e. The number of nitrogens with one attached hydrogen (secondary N) is 1. The molecule has 0 spiro atoms. The molecule has 1 N–H and O–H groups in total. The van der Waals surface area contributed by atoms with Crippen molar-refractivity contribution in [2.75, 3.05) is 0 Å². The second-order valence-electron chi connectivity index (χ2n) is 11.2. The van der Waals surface area contributed by atoms with E-state index in [4.69, 9.17) is 32.5 Å². The summed E-state index contributed by atoms with van der Waals surface area (Å²) in [6, 6.07) is 4.77. The predicted octanol–water partition coefficient (Wildman–Crippen LogP) is 5.75. The zero-order valence-corrected chi connectivity index (χ0v) is 21.6. The molecule has 4 aliphatic rings. The Hall–Kier alpha value is -1.08. The lowest BCUT2D eigenvalue weighted by molar-refractivity contribution is -0.199. The van der Waals surface area contributed by atoms with E-state index in [1.165, 1.54) is 6.42 Å². The number of ketones is 1. The molecule has 5 nitrogen and oxygen atoms in total. The van der Waals surface area contributed by atoms with Gasteiger partial charge in [0.25, 0.3) is 0 Å². The van der Waals surface area contributed by atoms with Crippen molar-refractivity contribution in [3.63, 3.8) is 0 Å². The van der Waals surface area contributed by atoms with E-state index < -0.39 is 7.12 Å². The molecular weight excluding hydrogens is 460 g/mol. The Balaban J connectivity index is 1.39. The van der Waals surface area contributed by atoms with Gasteiger partial charge < -0.3 is 14.6 Å². The molecule has 0 aromatic heterocycles. The Labute approximate surface area is 207 Å². The molecule has 33 heavy (non-hydrogen) atoms. The van der Waals surface area contributed by atoms with Crippen molar-refractivity contribution in [2.45, 2.75) is 84.4 Å². The standard InChI is InChI=1S/C25H34BCl2NO4/c1-14(2)10-22(26-32-21-12-15-11-20(24(15,3)4)25(21,5)33-26)29-23(31)9-8-19(30)17-13-16(27)6-7-18(17)28/h6-7,13-15,20-22H,8-12H2,1-5H3,(H,29,31)/t15-,20-,21?,22-,25-/m0/s1. The first-order valence-electron chi connectivity index (χ1n) is 12.0. The summed E-state index contributed by atoms with van der Waals surface area (Å²) in [7, 11) is -0.473. The molecule has 180 valence electrons. The molecule has 5 atom stereocenters. The fourth-order valence-corrected chi connectivity index (χ4v) is 6.56. The summed E-state index contributed by atoms with van der Waals surface area (Å²) >= 11 is 12.1. The van der Waals surface area contributed by atoms with Crippen molar-refractivity contribution in [1.82, 2.24) is 5.32 Å². The number of rotatable bonds is 8. The molecular formula is C25H34BCl2NO4. The van der Waals surface area contributed by atoms with Gasteiger partial charge in [-0.15, -0.1) is 0 Å². The summed E-state index contributed by atoms with van der Waals surface area (Å²) in [6.07, 6.45) is 3.13. The average Bonchev–Trinajstić information content (AvgIpc) is 3.10. The quantitative estimate of drug-likeness (QED) is 0.369. The van der Waals surface area contributed by atoms with Crippen LogP contribution in [0.15, 0.2) is 18.2 Å². The highest BCUT2D eigenvalue weighted by Gasteiger charge is 2.68. The predicted molar refractivity (Wildman–Crippen MR) is 132 cm³/mol. The van der Waals surface area contributed by atoms with Crippen molar-refractivity contribution in [2.24, 2.45) is 23.2 Å². The van der Waals surface area contributed by atoms with Crippen LogP contribution in [0.1, 0.15) is 77.1 Å². The molecule has 1 heterocycles. The molecule has 3 saturated carbocycles. The van der Waals surface area contributed by atoms with Crippen molar-refractivity contribution in [1.29, 1.82) is 0 Å². The van der Waals surface area contributed by atoms with E-state index >= 15 is 0 Å². The SMILES string of the molecule is CC(C)C[C@H](NC(=O)CCC(=O)c1cc(Cl)ccc1Cl)B1OC2C[C@@H]3C[C@@H](C3(C)C)[C@]2(C)O1. The number of Topliss-reactive ketones (excluding diaryl/α,β-unsaturated/α-hetero) is 1. The van der Waals surface area contributed by atoms with Gasteiger partial charge in [0.2, 0.25) is 5.91 Å². The fourth-order valence-electron chi connectivity index (χ4n) is 6.17. The summed E-state index contributed by atoms with van der Waals surface area (Å²) in [6.45, 7) is 11.1. The van der Waals surface area contributed by atoms with Gasteiger partial charge in [-0.2, -0.15) is 0 Å². The number of amides is 1. The normalized spacial score (nSPS) is 30.5. The van der Waals surface area contributed by atoms with E-state index in [9.17, 15) is 9.59 Å². The van der Waals surface area contributed by atoms with Gasteiger partial charge in [0, 0.05) is 23.4 Å². The highest BCUT2D eigenvalue weighted by atomic mass is 35.5. The van der Waals surface area contributed by atoms with Crippen molar-refractivity contribution in [3.8, 4) is 0 Å². The van der Waals surface area contributed by atoms with Crippen LogP contribution in [0.2, 0.25) is 10.0 Å². The van der Waals surface area contributed by atoms with Crippen LogP contribution >= 0.6 is 23.2 Å².